The third kappa shape index (κ3) is 3.09. The lowest BCUT2D eigenvalue weighted by Crippen LogP contribution is -2.21. The second-order valence-electron chi connectivity index (χ2n) is 7.87. The molecule has 0 saturated heterocycles. The zero-order valence-electron chi connectivity index (χ0n) is 12.9. The fraction of sp³-hybridized carbons (Fsp3) is 0.895. The Morgan fingerprint density at radius 3 is 2.16 bits per heavy atom. The van der Waals surface area contributed by atoms with Crippen LogP contribution in [0, 0.1) is 29.6 Å². The second kappa shape index (κ2) is 6.02. The first-order chi connectivity index (χ1) is 9.24. The van der Waals surface area contributed by atoms with Crippen LogP contribution in [0.4, 0.5) is 0 Å². The molecule has 3 atom stereocenters. The minimum Gasteiger partial charge on any atom is -0.0996 e. The molecule has 0 heteroatoms. The maximum atomic E-state index is 4.52. The van der Waals surface area contributed by atoms with Crippen LogP contribution in [-0.2, 0) is 0 Å². The molecule has 0 aromatic carbocycles. The Balaban J connectivity index is 1.63. The van der Waals surface area contributed by atoms with Crippen LogP contribution in [0.1, 0.15) is 77.6 Å². The highest BCUT2D eigenvalue weighted by Crippen LogP contribution is 2.47. The fourth-order valence-corrected chi connectivity index (χ4v) is 5.27. The fourth-order valence-electron chi connectivity index (χ4n) is 5.27. The molecule has 0 aromatic heterocycles. The standard InChI is InChI=1S/C19H32/c1-14-7-9-16(10-8-14)18-12-11-17-5-3-4-6-19(17)15(2)13-18/h14,16-19H,2-13H2,1H3. The normalized spacial score (nSPS) is 44.5. The summed E-state index contributed by atoms with van der Waals surface area (Å²) < 4.78 is 0. The molecule has 3 unspecified atom stereocenters. The Bertz CT molecular complexity index is 308. The van der Waals surface area contributed by atoms with E-state index in [0.29, 0.717) is 0 Å². The van der Waals surface area contributed by atoms with Gasteiger partial charge in [-0.25, -0.2) is 0 Å². The van der Waals surface area contributed by atoms with Crippen molar-refractivity contribution in [1.82, 2.24) is 0 Å². The van der Waals surface area contributed by atoms with Crippen molar-refractivity contribution in [2.45, 2.75) is 77.6 Å². The topological polar surface area (TPSA) is 0 Å². The van der Waals surface area contributed by atoms with E-state index in [9.17, 15) is 0 Å². The van der Waals surface area contributed by atoms with E-state index in [-0.39, 0.29) is 0 Å². The molecule has 0 N–H and O–H groups in total. The molecular weight excluding hydrogens is 228 g/mol. The number of fused-ring (bicyclic) bond motifs is 1. The Hall–Kier alpha value is -0.260. The van der Waals surface area contributed by atoms with Crippen molar-refractivity contribution in [3.05, 3.63) is 12.2 Å². The smallest absolute Gasteiger partial charge is 0.0177 e. The van der Waals surface area contributed by atoms with Crippen molar-refractivity contribution in [2.24, 2.45) is 29.6 Å². The molecule has 0 aliphatic heterocycles. The molecule has 0 heterocycles. The summed E-state index contributed by atoms with van der Waals surface area (Å²) in [5.74, 6) is 4.93. The Labute approximate surface area is 120 Å². The maximum Gasteiger partial charge on any atom is -0.0177 e. The maximum absolute atomic E-state index is 4.52. The van der Waals surface area contributed by atoms with E-state index in [4.69, 9.17) is 0 Å². The molecule has 3 fully saturated rings. The molecule has 19 heavy (non-hydrogen) atoms. The van der Waals surface area contributed by atoms with Gasteiger partial charge < -0.3 is 0 Å². The van der Waals surface area contributed by atoms with Crippen LogP contribution in [0.25, 0.3) is 0 Å². The third-order valence-electron chi connectivity index (χ3n) is 6.59. The largest absolute Gasteiger partial charge is 0.0996 e. The predicted octanol–water partition coefficient (Wildman–Crippen LogP) is 5.98. The number of hydrogen-bond acceptors (Lipinski definition) is 0. The lowest BCUT2D eigenvalue weighted by Gasteiger charge is -2.33. The van der Waals surface area contributed by atoms with Gasteiger partial charge in [0, 0.05) is 0 Å². The van der Waals surface area contributed by atoms with E-state index in [2.05, 4.69) is 13.5 Å². The summed E-state index contributed by atoms with van der Waals surface area (Å²) in [5, 5.41) is 0. The van der Waals surface area contributed by atoms with Gasteiger partial charge in [-0.15, -0.1) is 0 Å². The lowest BCUT2D eigenvalue weighted by molar-refractivity contribution is 0.198. The summed E-state index contributed by atoms with van der Waals surface area (Å²) in [6, 6.07) is 0. The first-order valence-corrected chi connectivity index (χ1v) is 8.91. The molecule has 0 radical (unpaired) electrons. The summed E-state index contributed by atoms with van der Waals surface area (Å²) >= 11 is 0. The molecule has 0 bridgehead atoms. The summed E-state index contributed by atoms with van der Waals surface area (Å²) in [6.45, 7) is 6.96. The Morgan fingerprint density at radius 1 is 0.737 bits per heavy atom. The Kier molecular flexibility index (Phi) is 4.34. The van der Waals surface area contributed by atoms with Gasteiger partial charge in [0.1, 0.15) is 0 Å². The average Bonchev–Trinajstić information content (AvgIpc) is 2.60. The van der Waals surface area contributed by atoms with Crippen molar-refractivity contribution in [3.63, 3.8) is 0 Å². The summed E-state index contributed by atoms with van der Waals surface area (Å²) in [6.07, 6.45) is 16.3. The molecule has 0 nitrogen and oxygen atoms in total. The highest BCUT2D eigenvalue weighted by Gasteiger charge is 2.35. The summed E-state index contributed by atoms with van der Waals surface area (Å²) in [5.41, 5.74) is 1.64. The minimum atomic E-state index is 0.904. The highest BCUT2D eigenvalue weighted by atomic mass is 14.4. The van der Waals surface area contributed by atoms with Crippen LogP contribution in [0.3, 0.4) is 0 Å². The molecule has 3 rings (SSSR count). The molecule has 3 aliphatic rings. The van der Waals surface area contributed by atoms with Gasteiger partial charge in [0.05, 0.1) is 0 Å². The van der Waals surface area contributed by atoms with Gasteiger partial charge in [-0.3, -0.25) is 0 Å². The van der Waals surface area contributed by atoms with Gasteiger partial charge in [-0.05, 0) is 74.5 Å². The molecule has 0 aromatic rings. The van der Waals surface area contributed by atoms with Crippen molar-refractivity contribution in [2.75, 3.05) is 0 Å². The third-order valence-corrected chi connectivity index (χ3v) is 6.59. The molecule has 0 spiro atoms. The van der Waals surface area contributed by atoms with Crippen molar-refractivity contribution in [1.29, 1.82) is 0 Å². The van der Waals surface area contributed by atoms with Crippen LogP contribution < -0.4 is 0 Å². The van der Waals surface area contributed by atoms with Crippen molar-refractivity contribution in [3.8, 4) is 0 Å². The lowest BCUT2D eigenvalue weighted by atomic mass is 9.73. The molecule has 0 amide bonds. The average molecular weight is 260 g/mol. The van der Waals surface area contributed by atoms with E-state index in [1.54, 1.807) is 5.57 Å². The number of rotatable bonds is 1. The van der Waals surface area contributed by atoms with E-state index < -0.39 is 0 Å². The monoisotopic (exact) mass is 260 g/mol. The highest BCUT2D eigenvalue weighted by molar-refractivity contribution is 5.08. The minimum absolute atomic E-state index is 0.904. The molecular formula is C19H32. The van der Waals surface area contributed by atoms with Gasteiger partial charge in [0.2, 0.25) is 0 Å². The van der Waals surface area contributed by atoms with Crippen LogP contribution in [0.5, 0.6) is 0 Å². The van der Waals surface area contributed by atoms with Gasteiger partial charge in [0.25, 0.3) is 0 Å². The van der Waals surface area contributed by atoms with E-state index in [1.165, 1.54) is 70.6 Å². The van der Waals surface area contributed by atoms with Gasteiger partial charge in [-0.1, -0.05) is 44.8 Å². The molecule has 3 aliphatic carbocycles. The predicted molar refractivity (Wildman–Crippen MR) is 83.1 cm³/mol. The van der Waals surface area contributed by atoms with E-state index >= 15 is 0 Å². The quantitative estimate of drug-likeness (QED) is 0.509. The zero-order valence-corrected chi connectivity index (χ0v) is 12.9. The zero-order chi connectivity index (χ0) is 13.2. The van der Waals surface area contributed by atoms with Crippen LogP contribution in [0.2, 0.25) is 0 Å². The second-order valence-corrected chi connectivity index (χ2v) is 7.87. The summed E-state index contributed by atoms with van der Waals surface area (Å²) in [7, 11) is 0. The van der Waals surface area contributed by atoms with Gasteiger partial charge >= 0.3 is 0 Å². The first kappa shape index (κ1) is 13.7. The number of allylic oxidation sites excluding steroid dienone is 1. The van der Waals surface area contributed by atoms with Crippen molar-refractivity contribution < 1.29 is 0 Å². The van der Waals surface area contributed by atoms with Gasteiger partial charge in [-0.2, -0.15) is 0 Å². The van der Waals surface area contributed by atoms with Crippen LogP contribution >= 0.6 is 0 Å². The first-order valence-electron chi connectivity index (χ1n) is 8.91. The SMILES string of the molecule is C=C1CC(C2CCC(C)CC2)CCC2CCCCC12. The van der Waals surface area contributed by atoms with Crippen molar-refractivity contribution >= 4 is 0 Å². The molecule has 108 valence electrons. The molecule has 3 saturated carbocycles. The van der Waals surface area contributed by atoms with E-state index in [1.807, 2.05) is 0 Å². The van der Waals surface area contributed by atoms with E-state index in [0.717, 1.165) is 29.6 Å². The summed E-state index contributed by atoms with van der Waals surface area (Å²) in [4.78, 5) is 0. The van der Waals surface area contributed by atoms with Gasteiger partial charge in [0.15, 0.2) is 0 Å². The number of hydrogen-bond donors (Lipinski definition) is 0. The van der Waals surface area contributed by atoms with Crippen LogP contribution in [0.15, 0.2) is 12.2 Å². The Morgan fingerprint density at radius 2 is 1.37 bits per heavy atom. The van der Waals surface area contributed by atoms with Crippen LogP contribution in [-0.4, -0.2) is 0 Å².